The molecule has 7 nitrogen and oxygen atoms in total. The van der Waals surface area contributed by atoms with E-state index < -0.39 is 16.0 Å². The van der Waals surface area contributed by atoms with E-state index >= 15 is 0 Å². The highest BCUT2D eigenvalue weighted by Gasteiger charge is 2.22. The number of hydrogen-bond donors (Lipinski definition) is 1. The molecule has 1 unspecified atom stereocenters. The second-order valence-electron chi connectivity index (χ2n) is 4.99. The van der Waals surface area contributed by atoms with Gasteiger partial charge in [0.2, 0.25) is 0 Å². The maximum absolute atomic E-state index is 12.1. The molecular weight excluding hydrogens is 282 g/mol. The van der Waals surface area contributed by atoms with Gasteiger partial charge in [-0.25, -0.2) is 0 Å². The molecule has 0 aliphatic heterocycles. The maximum Gasteiger partial charge on any atom is 0.307 e. The topological polar surface area (TPSA) is 90.3 Å². The number of rotatable bonds is 6. The Labute approximate surface area is 119 Å². The third-order valence-electron chi connectivity index (χ3n) is 2.69. The van der Waals surface area contributed by atoms with Gasteiger partial charge in [0.1, 0.15) is 5.56 Å². The SMILES string of the molecule is CCC(C)NC(=O)c1cn(C(C)C)nc1OS(C)(=O)=O. The van der Waals surface area contributed by atoms with Gasteiger partial charge in [-0.05, 0) is 27.2 Å². The van der Waals surface area contributed by atoms with Crippen LogP contribution in [0.5, 0.6) is 5.88 Å². The number of carbonyl (C=O) groups excluding carboxylic acids is 1. The molecule has 8 heteroatoms. The van der Waals surface area contributed by atoms with Gasteiger partial charge in [0.15, 0.2) is 0 Å². The van der Waals surface area contributed by atoms with Crippen molar-refractivity contribution in [3.8, 4) is 5.88 Å². The molecule has 0 aromatic carbocycles. The van der Waals surface area contributed by atoms with E-state index in [1.807, 2.05) is 27.7 Å². The van der Waals surface area contributed by atoms with Crippen molar-refractivity contribution < 1.29 is 17.4 Å². The Kier molecular flexibility index (Phi) is 5.15. The first-order valence-corrected chi connectivity index (χ1v) is 8.25. The Hall–Kier alpha value is -1.57. The third kappa shape index (κ3) is 4.52. The van der Waals surface area contributed by atoms with Gasteiger partial charge in [-0.1, -0.05) is 6.92 Å². The fourth-order valence-electron chi connectivity index (χ4n) is 1.40. The molecule has 20 heavy (non-hydrogen) atoms. The lowest BCUT2D eigenvalue weighted by molar-refractivity contribution is 0.0937. The summed E-state index contributed by atoms with van der Waals surface area (Å²) in [6.07, 6.45) is 3.17. The number of nitrogens with one attached hydrogen (secondary N) is 1. The van der Waals surface area contributed by atoms with Crippen LogP contribution in [0.2, 0.25) is 0 Å². The predicted octanol–water partition coefficient (Wildman–Crippen LogP) is 1.33. The van der Waals surface area contributed by atoms with Gasteiger partial charge in [0.05, 0.1) is 6.26 Å². The maximum atomic E-state index is 12.1. The molecule has 1 aromatic heterocycles. The minimum absolute atomic E-state index is 0.0120. The molecule has 0 spiro atoms. The molecule has 1 amide bonds. The second kappa shape index (κ2) is 6.25. The molecule has 0 bridgehead atoms. The van der Waals surface area contributed by atoms with Crippen LogP contribution in [0.15, 0.2) is 6.20 Å². The molecule has 1 aromatic rings. The lowest BCUT2D eigenvalue weighted by Gasteiger charge is -2.10. The van der Waals surface area contributed by atoms with E-state index in [-0.39, 0.29) is 23.5 Å². The van der Waals surface area contributed by atoms with Gasteiger partial charge in [-0.3, -0.25) is 9.48 Å². The van der Waals surface area contributed by atoms with Crippen molar-refractivity contribution in [2.24, 2.45) is 0 Å². The molecule has 1 atom stereocenters. The van der Waals surface area contributed by atoms with Crippen molar-refractivity contribution >= 4 is 16.0 Å². The third-order valence-corrected chi connectivity index (χ3v) is 3.15. The van der Waals surface area contributed by atoms with Gasteiger partial charge in [-0.15, -0.1) is 5.10 Å². The van der Waals surface area contributed by atoms with Crippen LogP contribution < -0.4 is 9.50 Å². The lowest BCUT2D eigenvalue weighted by Crippen LogP contribution is -2.32. The summed E-state index contributed by atoms with van der Waals surface area (Å²) in [5, 5.41) is 6.76. The smallest absolute Gasteiger partial charge is 0.307 e. The number of carbonyl (C=O) groups is 1. The van der Waals surface area contributed by atoms with E-state index in [1.165, 1.54) is 10.9 Å². The highest BCUT2D eigenvalue weighted by molar-refractivity contribution is 7.86. The molecule has 0 aliphatic rings. The Morgan fingerprint density at radius 1 is 1.45 bits per heavy atom. The monoisotopic (exact) mass is 303 g/mol. The summed E-state index contributed by atoms with van der Waals surface area (Å²) in [5.41, 5.74) is 0.115. The predicted molar refractivity (Wildman–Crippen MR) is 75.3 cm³/mol. The summed E-state index contributed by atoms with van der Waals surface area (Å²) in [6, 6.07) is -0.0296. The van der Waals surface area contributed by atoms with Crippen LogP contribution in [-0.2, 0) is 10.1 Å². The fourth-order valence-corrected chi connectivity index (χ4v) is 1.81. The largest absolute Gasteiger partial charge is 0.359 e. The molecule has 0 saturated carbocycles. The van der Waals surface area contributed by atoms with Crippen molar-refractivity contribution in [1.29, 1.82) is 0 Å². The van der Waals surface area contributed by atoms with Crippen LogP contribution >= 0.6 is 0 Å². The molecular formula is C12H21N3O4S. The average molecular weight is 303 g/mol. The fraction of sp³-hybridized carbons (Fsp3) is 0.667. The Balaban J connectivity index is 3.12. The van der Waals surface area contributed by atoms with Crippen LogP contribution in [0.1, 0.15) is 50.5 Å². The van der Waals surface area contributed by atoms with E-state index in [2.05, 4.69) is 10.4 Å². The highest BCUT2D eigenvalue weighted by Crippen LogP contribution is 2.20. The Bertz CT molecular complexity index is 578. The number of amides is 1. The Morgan fingerprint density at radius 2 is 2.05 bits per heavy atom. The zero-order chi connectivity index (χ0) is 15.5. The summed E-state index contributed by atoms with van der Waals surface area (Å²) in [7, 11) is -3.74. The van der Waals surface area contributed by atoms with Gasteiger partial charge in [0.25, 0.3) is 11.8 Å². The molecule has 0 aliphatic carbocycles. The van der Waals surface area contributed by atoms with Crippen molar-refractivity contribution in [3.63, 3.8) is 0 Å². The van der Waals surface area contributed by atoms with Crippen LogP contribution in [0.4, 0.5) is 0 Å². The van der Waals surface area contributed by atoms with Gasteiger partial charge in [-0.2, -0.15) is 8.42 Å². The van der Waals surface area contributed by atoms with Crippen LogP contribution in [0, 0.1) is 0 Å². The highest BCUT2D eigenvalue weighted by atomic mass is 32.2. The summed E-state index contributed by atoms with van der Waals surface area (Å²) in [4.78, 5) is 12.1. The molecule has 0 saturated heterocycles. The zero-order valence-corrected chi connectivity index (χ0v) is 13.2. The normalized spacial score (nSPS) is 13.3. The quantitative estimate of drug-likeness (QED) is 0.801. The van der Waals surface area contributed by atoms with Crippen LogP contribution in [0.25, 0.3) is 0 Å². The average Bonchev–Trinajstić information content (AvgIpc) is 2.70. The van der Waals surface area contributed by atoms with Crippen LogP contribution in [-0.4, -0.2) is 36.4 Å². The van der Waals surface area contributed by atoms with Gasteiger partial charge >= 0.3 is 10.1 Å². The molecule has 1 N–H and O–H groups in total. The first-order valence-electron chi connectivity index (χ1n) is 6.43. The molecule has 0 fully saturated rings. The minimum atomic E-state index is -3.74. The molecule has 1 rings (SSSR count). The Morgan fingerprint density at radius 3 is 2.50 bits per heavy atom. The van der Waals surface area contributed by atoms with E-state index in [4.69, 9.17) is 4.18 Å². The lowest BCUT2D eigenvalue weighted by atomic mass is 10.2. The molecule has 1 heterocycles. The number of hydrogen-bond acceptors (Lipinski definition) is 5. The summed E-state index contributed by atoms with van der Waals surface area (Å²) in [6.45, 7) is 7.54. The van der Waals surface area contributed by atoms with Crippen molar-refractivity contribution in [1.82, 2.24) is 15.1 Å². The van der Waals surface area contributed by atoms with Gasteiger partial charge in [0, 0.05) is 18.3 Å². The summed E-state index contributed by atoms with van der Waals surface area (Å²) in [5.74, 6) is -0.591. The number of aromatic nitrogens is 2. The van der Waals surface area contributed by atoms with Gasteiger partial charge < -0.3 is 9.50 Å². The van der Waals surface area contributed by atoms with Crippen molar-refractivity contribution in [3.05, 3.63) is 11.8 Å². The number of nitrogens with zero attached hydrogens (tertiary/aromatic N) is 2. The standard InChI is InChI=1S/C12H21N3O4S/c1-6-9(4)13-11(16)10-7-15(8(2)3)14-12(10)19-20(5,17)18/h7-9H,6H2,1-5H3,(H,13,16). The van der Waals surface area contributed by atoms with E-state index in [0.717, 1.165) is 12.7 Å². The minimum Gasteiger partial charge on any atom is -0.359 e. The first-order chi connectivity index (χ1) is 9.14. The zero-order valence-electron chi connectivity index (χ0n) is 12.4. The molecule has 0 radical (unpaired) electrons. The van der Waals surface area contributed by atoms with E-state index in [9.17, 15) is 13.2 Å². The van der Waals surface area contributed by atoms with Crippen molar-refractivity contribution in [2.75, 3.05) is 6.26 Å². The van der Waals surface area contributed by atoms with Crippen molar-refractivity contribution in [2.45, 2.75) is 46.2 Å². The summed E-state index contributed by atoms with van der Waals surface area (Å²) >= 11 is 0. The van der Waals surface area contributed by atoms with Crippen LogP contribution in [0.3, 0.4) is 0 Å². The molecule has 114 valence electrons. The van der Waals surface area contributed by atoms with E-state index in [1.54, 1.807) is 0 Å². The van der Waals surface area contributed by atoms with E-state index in [0.29, 0.717) is 0 Å². The summed E-state index contributed by atoms with van der Waals surface area (Å²) < 4.78 is 28.7. The first kappa shape index (κ1) is 16.5. The second-order valence-corrected chi connectivity index (χ2v) is 6.57.